The van der Waals surface area contributed by atoms with Crippen LogP contribution in [-0.4, -0.2) is 5.78 Å². The average molecular weight is 280 g/mol. The van der Waals surface area contributed by atoms with E-state index < -0.39 is 0 Å². The van der Waals surface area contributed by atoms with Crippen LogP contribution >= 0.6 is 0 Å². The van der Waals surface area contributed by atoms with E-state index in [1.165, 1.54) is 77.0 Å². The lowest BCUT2D eigenvalue weighted by Crippen LogP contribution is -1.98. The molecule has 1 heteroatoms. The van der Waals surface area contributed by atoms with Crippen molar-refractivity contribution in [1.29, 1.82) is 0 Å². The zero-order chi connectivity index (χ0) is 14.6. The standard InChI is InChI=1S/C19H36O/c1-3-4-5-6-9-12-18-14-15-19(16-18)13-10-7-8-11-17(2)20/h18-19H,3-16H2,1-2H3. The van der Waals surface area contributed by atoms with Crippen molar-refractivity contribution < 1.29 is 4.79 Å². The lowest BCUT2D eigenvalue weighted by atomic mass is 9.95. The number of ketones is 1. The molecule has 20 heavy (non-hydrogen) atoms. The summed E-state index contributed by atoms with van der Waals surface area (Å²) in [5.41, 5.74) is 0. The normalized spacial score (nSPS) is 22.3. The second-order valence-corrected chi connectivity index (χ2v) is 7.05. The van der Waals surface area contributed by atoms with Gasteiger partial charge >= 0.3 is 0 Å². The third-order valence-corrected chi connectivity index (χ3v) is 5.01. The molecule has 0 aromatic heterocycles. The summed E-state index contributed by atoms with van der Waals surface area (Å²) in [5, 5.41) is 0. The molecule has 1 aliphatic rings. The van der Waals surface area contributed by atoms with Gasteiger partial charge in [-0.05, 0) is 31.6 Å². The first-order chi connectivity index (χ1) is 9.72. The minimum absolute atomic E-state index is 0.356. The minimum atomic E-state index is 0.356. The molecule has 0 aromatic rings. The number of hydrogen-bond acceptors (Lipinski definition) is 1. The maximum Gasteiger partial charge on any atom is 0.129 e. The Labute approximate surface area is 126 Å². The Balaban J connectivity index is 1.93. The van der Waals surface area contributed by atoms with E-state index in [1.807, 2.05) is 0 Å². The molecular formula is C19H36O. The molecule has 1 rings (SSSR count). The highest BCUT2D eigenvalue weighted by molar-refractivity contribution is 5.75. The predicted octanol–water partition coefficient (Wildman–Crippen LogP) is 6.30. The highest BCUT2D eigenvalue weighted by Crippen LogP contribution is 2.37. The lowest BCUT2D eigenvalue weighted by Gasteiger charge is -2.11. The number of carbonyl (C=O) groups is 1. The fourth-order valence-corrected chi connectivity index (χ4v) is 3.72. The van der Waals surface area contributed by atoms with Crippen LogP contribution in [0.2, 0.25) is 0 Å². The van der Waals surface area contributed by atoms with Crippen molar-refractivity contribution in [2.24, 2.45) is 11.8 Å². The first-order valence-corrected chi connectivity index (χ1v) is 9.21. The van der Waals surface area contributed by atoms with Crippen LogP contribution in [0.15, 0.2) is 0 Å². The summed E-state index contributed by atoms with van der Waals surface area (Å²) in [4.78, 5) is 10.9. The van der Waals surface area contributed by atoms with Crippen LogP contribution < -0.4 is 0 Å². The molecule has 0 amide bonds. The molecule has 0 radical (unpaired) electrons. The summed E-state index contributed by atoms with van der Waals surface area (Å²) in [6.07, 6.45) is 19.1. The van der Waals surface area contributed by atoms with Crippen molar-refractivity contribution in [3.8, 4) is 0 Å². The van der Waals surface area contributed by atoms with E-state index >= 15 is 0 Å². The maximum absolute atomic E-state index is 10.9. The van der Waals surface area contributed by atoms with Crippen LogP contribution in [0.4, 0.5) is 0 Å². The molecule has 0 saturated heterocycles. The fourth-order valence-electron chi connectivity index (χ4n) is 3.72. The Bertz CT molecular complexity index is 246. The zero-order valence-corrected chi connectivity index (χ0v) is 14.0. The molecular weight excluding hydrogens is 244 g/mol. The van der Waals surface area contributed by atoms with Gasteiger partial charge in [-0.15, -0.1) is 0 Å². The van der Waals surface area contributed by atoms with Crippen molar-refractivity contribution in [3.05, 3.63) is 0 Å². The van der Waals surface area contributed by atoms with E-state index in [4.69, 9.17) is 0 Å². The molecule has 0 aliphatic heterocycles. The van der Waals surface area contributed by atoms with Crippen LogP contribution in [-0.2, 0) is 4.79 Å². The van der Waals surface area contributed by atoms with Gasteiger partial charge in [0.15, 0.2) is 0 Å². The van der Waals surface area contributed by atoms with E-state index in [0.29, 0.717) is 5.78 Å². The third-order valence-electron chi connectivity index (χ3n) is 5.01. The highest BCUT2D eigenvalue weighted by Gasteiger charge is 2.23. The second-order valence-electron chi connectivity index (χ2n) is 7.05. The van der Waals surface area contributed by atoms with Crippen molar-refractivity contribution in [2.45, 2.75) is 104 Å². The molecule has 1 fully saturated rings. The largest absolute Gasteiger partial charge is 0.300 e. The summed E-state index contributed by atoms with van der Waals surface area (Å²) in [7, 11) is 0. The van der Waals surface area contributed by atoms with Crippen molar-refractivity contribution >= 4 is 5.78 Å². The summed E-state index contributed by atoms with van der Waals surface area (Å²) < 4.78 is 0. The molecule has 2 atom stereocenters. The quantitative estimate of drug-likeness (QED) is 0.383. The number of rotatable bonds is 12. The van der Waals surface area contributed by atoms with E-state index in [-0.39, 0.29) is 0 Å². The van der Waals surface area contributed by atoms with Gasteiger partial charge in [-0.25, -0.2) is 0 Å². The van der Waals surface area contributed by atoms with Crippen LogP contribution in [0.5, 0.6) is 0 Å². The van der Waals surface area contributed by atoms with Crippen molar-refractivity contribution in [1.82, 2.24) is 0 Å². The minimum Gasteiger partial charge on any atom is -0.300 e. The molecule has 0 heterocycles. The third kappa shape index (κ3) is 8.76. The molecule has 0 N–H and O–H groups in total. The summed E-state index contributed by atoms with van der Waals surface area (Å²) >= 11 is 0. The van der Waals surface area contributed by atoms with Gasteiger partial charge in [-0.2, -0.15) is 0 Å². The van der Waals surface area contributed by atoms with E-state index in [1.54, 1.807) is 6.92 Å². The Morgan fingerprint density at radius 2 is 1.40 bits per heavy atom. The van der Waals surface area contributed by atoms with Crippen LogP contribution in [0.25, 0.3) is 0 Å². The van der Waals surface area contributed by atoms with Gasteiger partial charge in [0, 0.05) is 6.42 Å². The molecule has 1 aliphatic carbocycles. The SMILES string of the molecule is CCCCCCCC1CCC(CCCCCC(C)=O)C1. The van der Waals surface area contributed by atoms with E-state index in [2.05, 4.69) is 6.92 Å². The molecule has 118 valence electrons. The van der Waals surface area contributed by atoms with Gasteiger partial charge in [0.25, 0.3) is 0 Å². The summed E-state index contributed by atoms with van der Waals surface area (Å²) in [5.74, 6) is 2.40. The predicted molar refractivity (Wildman–Crippen MR) is 88.0 cm³/mol. The number of unbranched alkanes of at least 4 members (excludes halogenated alkanes) is 6. The van der Waals surface area contributed by atoms with Crippen LogP contribution in [0, 0.1) is 11.8 Å². The molecule has 1 saturated carbocycles. The smallest absolute Gasteiger partial charge is 0.129 e. The Morgan fingerprint density at radius 3 is 1.95 bits per heavy atom. The molecule has 0 aromatic carbocycles. The Morgan fingerprint density at radius 1 is 0.850 bits per heavy atom. The summed E-state index contributed by atoms with van der Waals surface area (Å²) in [6.45, 7) is 4.00. The van der Waals surface area contributed by atoms with E-state index in [9.17, 15) is 4.79 Å². The zero-order valence-electron chi connectivity index (χ0n) is 14.0. The summed E-state index contributed by atoms with van der Waals surface area (Å²) in [6, 6.07) is 0. The monoisotopic (exact) mass is 280 g/mol. The topological polar surface area (TPSA) is 17.1 Å². The molecule has 1 nitrogen and oxygen atoms in total. The number of hydrogen-bond donors (Lipinski definition) is 0. The van der Waals surface area contributed by atoms with Crippen LogP contribution in [0.1, 0.15) is 104 Å². The lowest BCUT2D eigenvalue weighted by molar-refractivity contribution is -0.117. The van der Waals surface area contributed by atoms with Gasteiger partial charge in [0.05, 0.1) is 0 Å². The fraction of sp³-hybridized carbons (Fsp3) is 0.947. The van der Waals surface area contributed by atoms with Gasteiger partial charge in [-0.3, -0.25) is 0 Å². The molecule has 2 unspecified atom stereocenters. The van der Waals surface area contributed by atoms with Crippen molar-refractivity contribution in [2.75, 3.05) is 0 Å². The molecule has 0 bridgehead atoms. The second kappa shape index (κ2) is 11.3. The molecule has 0 spiro atoms. The van der Waals surface area contributed by atoms with Gasteiger partial charge in [0.1, 0.15) is 5.78 Å². The number of Topliss-reactive ketones (excluding diaryl/α,β-unsaturated/α-hetero) is 1. The van der Waals surface area contributed by atoms with Gasteiger partial charge < -0.3 is 4.79 Å². The van der Waals surface area contributed by atoms with Crippen molar-refractivity contribution in [3.63, 3.8) is 0 Å². The van der Waals surface area contributed by atoms with Crippen LogP contribution in [0.3, 0.4) is 0 Å². The van der Waals surface area contributed by atoms with Gasteiger partial charge in [0.2, 0.25) is 0 Å². The Hall–Kier alpha value is -0.330. The van der Waals surface area contributed by atoms with E-state index in [0.717, 1.165) is 24.7 Å². The van der Waals surface area contributed by atoms with Gasteiger partial charge in [-0.1, -0.05) is 77.6 Å². The maximum atomic E-state index is 10.9. The first-order valence-electron chi connectivity index (χ1n) is 9.21. The first kappa shape index (κ1) is 17.7. The Kier molecular flexibility index (Phi) is 10.1. The number of carbonyl (C=O) groups excluding carboxylic acids is 1. The average Bonchev–Trinajstić information content (AvgIpc) is 2.86. The highest BCUT2D eigenvalue weighted by atomic mass is 16.1.